The lowest BCUT2D eigenvalue weighted by Crippen LogP contribution is -2.57. The van der Waals surface area contributed by atoms with Gasteiger partial charge in [0.1, 0.15) is 0 Å². The van der Waals surface area contributed by atoms with Gasteiger partial charge in [-0.15, -0.1) is 0 Å². The van der Waals surface area contributed by atoms with Gasteiger partial charge >= 0.3 is 0 Å². The van der Waals surface area contributed by atoms with Gasteiger partial charge in [-0.3, -0.25) is 4.98 Å². The van der Waals surface area contributed by atoms with Crippen LogP contribution in [0.1, 0.15) is 13.8 Å². The lowest BCUT2D eigenvalue weighted by molar-refractivity contribution is -0.0455. The molecule has 2 saturated heterocycles. The van der Waals surface area contributed by atoms with Gasteiger partial charge in [0.25, 0.3) is 10.2 Å². The van der Waals surface area contributed by atoms with E-state index in [4.69, 9.17) is 4.74 Å². The van der Waals surface area contributed by atoms with E-state index < -0.39 is 10.2 Å². The Morgan fingerprint density at radius 1 is 1.00 bits per heavy atom. The van der Waals surface area contributed by atoms with Crippen LogP contribution in [0.4, 0.5) is 5.69 Å². The third-order valence-corrected chi connectivity index (χ3v) is 6.27. The molecule has 2 aliphatic rings. The van der Waals surface area contributed by atoms with E-state index in [1.165, 1.54) is 0 Å². The van der Waals surface area contributed by atoms with Crippen molar-refractivity contribution in [3.05, 3.63) is 24.5 Å². The minimum absolute atomic E-state index is 0.0633. The summed E-state index contributed by atoms with van der Waals surface area (Å²) >= 11 is 0. The lowest BCUT2D eigenvalue weighted by Gasteiger charge is -2.40. The van der Waals surface area contributed by atoms with Crippen molar-refractivity contribution in [2.75, 3.05) is 44.2 Å². The summed E-state index contributed by atoms with van der Waals surface area (Å²) < 4.78 is 34.5. The summed E-state index contributed by atoms with van der Waals surface area (Å²) in [5, 5.41) is 0. The molecule has 0 N–H and O–H groups in total. The molecule has 3 heterocycles. The summed E-state index contributed by atoms with van der Waals surface area (Å²) in [4.78, 5) is 6.21. The van der Waals surface area contributed by atoms with Crippen LogP contribution in [-0.2, 0) is 14.9 Å². The van der Waals surface area contributed by atoms with Crippen molar-refractivity contribution >= 4 is 15.9 Å². The standard InChI is InChI=1S/C15H24N4O3S/c1-13-11-19(12-14(2)22-13)23(20,21)18-9-7-17(8-10-18)15-3-5-16-6-4-15/h3-6,13-14H,7-12H2,1-2H3. The van der Waals surface area contributed by atoms with Gasteiger partial charge in [-0.05, 0) is 26.0 Å². The van der Waals surface area contributed by atoms with Gasteiger partial charge in [0.2, 0.25) is 0 Å². The number of piperazine rings is 1. The SMILES string of the molecule is CC1CN(S(=O)(=O)N2CCN(c3ccncc3)CC2)CC(C)O1. The molecule has 0 amide bonds. The summed E-state index contributed by atoms with van der Waals surface area (Å²) in [7, 11) is -3.41. The molecule has 0 aliphatic carbocycles. The number of anilines is 1. The average Bonchev–Trinajstić information content (AvgIpc) is 2.55. The Labute approximate surface area is 138 Å². The van der Waals surface area contributed by atoms with Crippen molar-refractivity contribution in [1.82, 2.24) is 13.6 Å². The first kappa shape index (κ1) is 16.6. The molecule has 1 aromatic heterocycles. The molecule has 7 nitrogen and oxygen atoms in total. The van der Waals surface area contributed by atoms with Gasteiger partial charge in [-0.1, -0.05) is 0 Å². The van der Waals surface area contributed by atoms with Crippen LogP contribution in [0.5, 0.6) is 0 Å². The maximum absolute atomic E-state index is 12.8. The first-order valence-corrected chi connectivity index (χ1v) is 9.42. The molecule has 0 radical (unpaired) electrons. The molecular weight excluding hydrogens is 316 g/mol. The second-order valence-electron chi connectivity index (χ2n) is 6.17. The molecule has 3 rings (SSSR count). The van der Waals surface area contributed by atoms with E-state index in [0.29, 0.717) is 39.3 Å². The number of ether oxygens (including phenoxy) is 1. The zero-order valence-electron chi connectivity index (χ0n) is 13.6. The zero-order valence-corrected chi connectivity index (χ0v) is 14.4. The fourth-order valence-electron chi connectivity index (χ4n) is 3.21. The summed E-state index contributed by atoms with van der Waals surface area (Å²) in [5.41, 5.74) is 1.09. The molecular formula is C15H24N4O3S. The van der Waals surface area contributed by atoms with Crippen molar-refractivity contribution in [3.8, 4) is 0 Å². The Morgan fingerprint density at radius 2 is 1.57 bits per heavy atom. The fraction of sp³-hybridized carbons (Fsp3) is 0.667. The number of pyridine rings is 1. The highest BCUT2D eigenvalue weighted by molar-refractivity contribution is 7.86. The summed E-state index contributed by atoms with van der Waals surface area (Å²) in [6.45, 7) is 7.08. The summed E-state index contributed by atoms with van der Waals surface area (Å²) in [5.74, 6) is 0. The van der Waals surface area contributed by atoms with Gasteiger partial charge < -0.3 is 9.64 Å². The van der Waals surface area contributed by atoms with Crippen molar-refractivity contribution in [2.45, 2.75) is 26.1 Å². The van der Waals surface area contributed by atoms with E-state index in [2.05, 4.69) is 9.88 Å². The summed E-state index contributed by atoms with van der Waals surface area (Å²) in [6, 6.07) is 3.91. The Kier molecular flexibility index (Phi) is 4.86. The van der Waals surface area contributed by atoms with E-state index in [9.17, 15) is 8.42 Å². The van der Waals surface area contributed by atoms with Crippen LogP contribution in [0.3, 0.4) is 0 Å². The number of hydrogen-bond acceptors (Lipinski definition) is 5. The van der Waals surface area contributed by atoms with Crippen LogP contribution < -0.4 is 4.90 Å². The molecule has 128 valence electrons. The monoisotopic (exact) mass is 340 g/mol. The molecule has 0 aromatic carbocycles. The van der Waals surface area contributed by atoms with Gasteiger partial charge in [0.05, 0.1) is 12.2 Å². The normalized spacial score (nSPS) is 28.0. The third kappa shape index (κ3) is 3.65. The first-order valence-electron chi connectivity index (χ1n) is 8.02. The zero-order chi connectivity index (χ0) is 16.4. The largest absolute Gasteiger partial charge is 0.373 e. The lowest BCUT2D eigenvalue weighted by atomic mass is 10.3. The van der Waals surface area contributed by atoms with Gasteiger partial charge in [-0.2, -0.15) is 17.0 Å². The maximum Gasteiger partial charge on any atom is 0.282 e. The predicted molar refractivity (Wildman–Crippen MR) is 88.5 cm³/mol. The molecule has 1 aromatic rings. The van der Waals surface area contributed by atoms with Crippen molar-refractivity contribution < 1.29 is 13.2 Å². The number of rotatable bonds is 3. The minimum Gasteiger partial charge on any atom is -0.373 e. The third-order valence-electron chi connectivity index (χ3n) is 4.31. The van der Waals surface area contributed by atoms with Gasteiger partial charge in [0.15, 0.2) is 0 Å². The van der Waals surface area contributed by atoms with E-state index in [1.807, 2.05) is 26.0 Å². The number of nitrogens with zero attached hydrogens (tertiary/aromatic N) is 4. The number of morpholine rings is 1. The molecule has 0 bridgehead atoms. The Balaban J connectivity index is 1.64. The Hall–Kier alpha value is -1.22. The van der Waals surface area contributed by atoms with Crippen molar-refractivity contribution in [2.24, 2.45) is 0 Å². The molecule has 2 aliphatic heterocycles. The smallest absolute Gasteiger partial charge is 0.282 e. The highest BCUT2D eigenvalue weighted by Gasteiger charge is 2.36. The van der Waals surface area contributed by atoms with Crippen LogP contribution in [0.2, 0.25) is 0 Å². The van der Waals surface area contributed by atoms with E-state index in [0.717, 1.165) is 5.69 Å². The quantitative estimate of drug-likeness (QED) is 0.804. The minimum atomic E-state index is -3.41. The molecule has 0 saturated carbocycles. The Bertz CT molecular complexity index is 607. The van der Waals surface area contributed by atoms with E-state index in [1.54, 1.807) is 21.0 Å². The number of hydrogen-bond donors (Lipinski definition) is 0. The van der Waals surface area contributed by atoms with E-state index in [-0.39, 0.29) is 12.2 Å². The fourth-order valence-corrected chi connectivity index (χ4v) is 4.96. The second-order valence-corrected chi connectivity index (χ2v) is 8.10. The maximum atomic E-state index is 12.8. The van der Waals surface area contributed by atoms with Crippen LogP contribution in [0, 0.1) is 0 Å². The van der Waals surface area contributed by atoms with Gasteiger partial charge in [-0.25, -0.2) is 0 Å². The molecule has 0 spiro atoms. The molecule has 2 unspecified atom stereocenters. The van der Waals surface area contributed by atoms with Crippen LogP contribution in [0.25, 0.3) is 0 Å². The first-order chi connectivity index (χ1) is 11.0. The highest BCUT2D eigenvalue weighted by atomic mass is 32.2. The topological polar surface area (TPSA) is 66.0 Å². The van der Waals surface area contributed by atoms with Crippen LogP contribution >= 0.6 is 0 Å². The van der Waals surface area contributed by atoms with Crippen LogP contribution in [0.15, 0.2) is 24.5 Å². The Morgan fingerprint density at radius 3 is 2.13 bits per heavy atom. The molecule has 8 heteroatoms. The summed E-state index contributed by atoms with van der Waals surface area (Å²) in [6.07, 6.45) is 3.39. The van der Waals surface area contributed by atoms with E-state index >= 15 is 0 Å². The second kappa shape index (κ2) is 6.72. The number of aromatic nitrogens is 1. The van der Waals surface area contributed by atoms with Crippen molar-refractivity contribution in [1.29, 1.82) is 0 Å². The molecule has 2 atom stereocenters. The highest BCUT2D eigenvalue weighted by Crippen LogP contribution is 2.21. The van der Waals surface area contributed by atoms with Crippen molar-refractivity contribution in [3.63, 3.8) is 0 Å². The molecule has 2 fully saturated rings. The molecule has 23 heavy (non-hydrogen) atoms. The average molecular weight is 340 g/mol. The van der Waals surface area contributed by atoms with Gasteiger partial charge in [0, 0.05) is 57.3 Å². The predicted octanol–water partition coefficient (Wildman–Crippen LogP) is 0.558. The van der Waals surface area contributed by atoms with Crippen LogP contribution in [-0.4, -0.2) is 73.5 Å².